The third-order valence-electron chi connectivity index (χ3n) is 4.13. The number of hydrogen-bond acceptors (Lipinski definition) is 6. The van der Waals surface area contributed by atoms with Crippen LogP contribution in [0.15, 0.2) is 67.0 Å². The molecule has 0 amide bonds. The minimum absolute atomic E-state index is 0.280. The van der Waals surface area contributed by atoms with E-state index in [-0.39, 0.29) is 5.75 Å². The van der Waals surface area contributed by atoms with E-state index in [1.165, 1.54) is 19.5 Å². The van der Waals surface area contributed by atoms with Crippen LogP contribution in [0.2, 0.25) is 0 Å². The lowest BCUT2D eigenvalue weighted by Gasteiger charge is -2.11. The number of hydrogen-bond donors (Lipinski definition) is 0. The number of nitriles is 1. The van der Waals surface area contributed by atoms with E-state index in [0.717, 1.165) is 0 Å². The molecule has 0 aliphatic heterocycles. The number of allylic oxidation sites excluding steroid dienone is 1. The van der Waals surface area contributed by atoms with Crippen LogP contribution < -0.4 is 14.2 Å². The maximum atomic E-state index is 12.3. The van der Waals surface area contributed by atoms with Gasteiger partial charge in [-0.05, 0) is 48.0 Å². The highest BCUT2D eigenvalue weighted by atomic mass is 16.6. The number of carbonyl (C=O) groups is 1. The molecule has 144 valence electrons. The summed E-state index contributed by atoms with van der Waals surface area (Å²) in [6, 6.07) is 17.7. The second kappa shape index (κ2) is 9.20. The Morgan fingerprint density at radius 1 is 0.966 bits per heavy atom. The molecule has 0 saturated heterocycles. The number of pyridine rings is 1. The van der Waals surface area contributed by atoms with Crippen molar-refractivity contribution >= 4 is 17.6 Å². The van der Waals surface area contributed by atoms with Crippen LogP contribution in [0.3, 0.4) is 0 Å². The minimum atomic E-state index is -0.513. The first-order chi connectivity index (χ1) is 14.2. The summed E-state index contributed by atoms with van der Waals surface area (Å²) < 4.78 is 16.1. The van der Waals surface area contributed by atoms with Crippen molar-refractivity contribution in [3.8, 4) is 23.3 Å². The van der Waals surface area contributed by atoms with E-state index in [4.69, 9.17) is 14.2 Å². The molecule has 0 N–H and O–H groups in total. The quantitative estimate of drug-likeness (QED) is 0.271. The van der Waals surface area contributed by atoms with E-state index >= 15 is 0 Å². The summed E-state index contributed by atoms with van der Waals surface area (Å²) in [6.07, 6.45) is 4.75. The Kier molecular flexibility index (Phi) is 6.23. The monoisotopic (exact) mass is 386 g/mol. The largest absolute Gasteiger partial charge is 0.496 e. The number of ether oxygens (including phenoxy) is 3. The van der Waals surface area contributed by atoms with Crippen molar-refractivity contribution in [3.05, 3.63) is 83.7 Å². The Morgan fingerprint density at radius 3 is 2.38 bits per heavy atom. The number of methoxy groups -OCH3 is 2. The topological polar surface area (TPSA) is 81.4 Å². The van der Waals surface area contributed by atoms with E-state index in [1.807, 2.05) is 18.2 Å². The zero-order valence-corrected chi connectivity index (χ0v) is 16.0. The van der Waals surface area contributed by atoms with E-state index in [2.05, 4.69) is 11.1 Å². The summed E-state index contributed by atoms with van der Waals surface area (Å²) in [5, 5.41) is 9.61. The first-order valence-electron chi connectivity index (χ1n) is 8.71. The average Bonchev–Trinajstić information content (AvgIpc) is 2.78. The summed E-state index contributed by atoms with van der Waals surface area (Å²) in [5.74, 6) is 0.747. The van der Waals surface area contributed by atoms with Crippen LogP contribution in [0.5, 0.6) is 17.2 Å². The van der Waals surface area contributed by atoms with Crippen molar-refractivity contribution in [2.24, 2.45) is 0 Å². The van der Waals surface area contributed by atoms with Crippen molar-refractivity contribution < 1.29 is 19.0 Å². The molecule has 3 aromatic rings. The maximum Gasteiger partial charge on any atom is 0.343 e. The van der Waals surface area contributed by atoms with Gasteiger partial charge in [0.2, 0.25) is 0 Å². The third-order valence-corrected chi connectivity index (χ3v) is 4.13. The molecule has 3 rings (SSSR count). The van der Waals surface area contributed by atoms with Gasteiger partial charge in [0.15, 0.2) is 11.5 Å². The van der Waals surface area contributed by atoms with Crippen LogP contribution in [0.4, 0.5) is 0 Å². The average molecular weight is 386 g/mol. The number of benzene rings is 2. The number of carbonyl (C=O) groups excluding carboxylic acids is 1. The van der Waals surface area contributed by atoms with Gasteiger partial charge < -0.3 is 14.2 Å². The first-order valence-corrected chi connectivity index (χ1v) is 8.71. The van der Waals surface area contributed by atoms with Gasteiger partial charge in [0.1, 0.15) is 5.75 Å². The molecule has 6 heteroatoms. The molecule has 0 spiro atoms. The molecule has 0 radical (unpaired) electrons. The molecule has 0 fully saturated rings. The zero-order chi connectivity index (χ0) is 20.6. The Hall–Kier alpha value is -4.11. The van der Waals surface area contributed by atoms with Gasteiger partial charge in [0, 0.05) is 18.0 Å². The lowest BCUT2D eigenvalue weighted by atomic mass is 10.0. The van der Waals surface area contributed by atoms with Crippen molar-refractivity contribution in [1.82, 2.24) is 4.98 Å². The lowest BCUT2D eigenvalue weighted by molar-refractivity contribution is 0.0729. The summed E-state index contributed by atoms with van der Waals surface area (Å²) in [4.78, 5) is 16.2. The van der Waals surface area contributed by atoms with Crippen molar-refractivity contribution in [1.29, 1.82) is 5.26 Å². The number of para-hydroxylation sites is 1. The summed E-state index contributed by atoms with van der Waals surface area (Å²) in [5.41, 5.74) is 2.22. The fraction of sp³-hybridized carbons (Fsp3) is 0.0870. The highest BCUT2D eigenvalue weighted by Gasteiger charge is 2.13. The van der Waals surface area contributed by atoms with Gasteiger partial charge in [-0.1, -0.05) is 18.2 Å². The standard InChI is InChI=1S/C23H18N2O4/c1-27-20-6-4-3-5-19(20)18(15-24)13-16-7-8-21(22(14-16)28-2)29-23(26)17-9-11-25-12-10-17/h3-14H,1-2H3/b18-13-. The van der Waals surface area contributed by atoms with E-state index in [9.17, 15) is 10.1 Å². The van der Waals surface area contributed by atoms with E-state index in [1.54, 1.807) is 49.6 Å². The molecular formula is C23H18N2O4. The van der Waals surface area contributed by atoms with E-state index < -0.39 is 5.97 Å². The van der Waals surface area contributed by atoms with Crippen LogP contribution in [-0.2, 0) is 0 Å². The fourth-order valence-electron chi connectivity index (χ4n) is 2.71. The van der Waals surface area contributed by atoms with Crippen LogP contribution >= 0.6 is 0 Å². The second-order valence-electron chi connectivity index (χ2n) is 5.91. The van der Waals surface area contributed by atoms with Crippen LogP contribution in [0, 0.1) is 11.3 Å². The molecule has 0 aliphatic carbocycles. The molecule has 2 aromatic carbocycles. The van der Waals surface area contributed by atoms with Gasteiger partial charge >= 0.3 is 5.97 Å². The highest BCUT2D eigenvalue weighted by molar-refractivity contribution is 5.93. The Morgan fingerprint density at radius 2 is 1.69 bits per heavy atom. The molecule has 6 nitrogen and oxygen atoms in total. The highest BCUT2D eigenvalue weighted by Crippen LogP contribution is 2.32. The molecule has 0 atom stereocenters. The zero-order valence-electron chi connectivity index (χ0n) is 16.0. The molecule has 1 aromatic heterocycles. The number of rotatable bonds is 6. The predicted octanol–water partition coefficient (Wildman–Crippen LogP) is 4.38. The molecule has 0 saturated carbocycles. The van der Waals surface area contributed by atoms with Gasteiger partial charge in [-0.2, -0.15) is 5.26 Å². The number of nitrogens with zero attached hydrogens (tertiary/aromatic N) is 2. The molecule has 1 heterocycles. The predicted molar refractivity (Wildman–Crippen MR) is 109 cm³/mol. The van der Waals surface area contributed by atoms with Gasteiger partial charge in [-0.15, -0.1) is 0 Å². The molecule has 29 heavy (non-hydrogen) atoms. The van der Waals surface area contributed by atoms with Gasteiger partial charge in [-0.25, -0.2) is 4.79 Å². The molecule has 0 bridgehead atoms. The Bertz CT molecular complexity index is 1090. The third kappa shape index (κ3) is 4.60. The molecule has 0 aliphatic rings. The number of aromatic nitrogens is 1. The summed E-state index contributed by atoms with van der Waals surface area (Å²) in [7, 11) is 3.04. The smallest absolute Gasteiger partial charge is 0.343 e. The maximum absolute atomic E-state index is 12.3. The number of esters is 1. The Balaban J connectivity index is 1.91. The van der Waals surface area contributed by atoms with Gasteiger partial charge in [-0.3, -0.25) is 4.98 Å². The Labute approximate surface area is 168 Å². The fourth-order valence-corrected chi connectivity index (χ4v) is 2.71. The lowest BCUT2D eigenvalue weighted by Crippen LogP contribution is -2.09. The van der Waals surface area contributed by atoms with Gasteiger partial charge in [0.25, 0.3) is 0 Å². The second-order valence-corrected chi connectivity index (χ2v) is 5.91. The summed E-state index contributed by atoms with van der Waals surface area (Å²) >= 11 is 0. The van der Waals surface area contributed by atoms with Crippen molar-refractivity contribution in [3.63, 3.8) is 0 Å². The van der Waals surface area contributed by atoms with Crippen LogP contribution in [-0.4, -0.2) is 25.2 Å². The molecule has 0 unspecified atom stereocenters. The van der Waals surface area contributed by atoms with Crippen molar-refractivity contribution in [2.45, 2.75) is 0 Å². The minimum Gasteiger partial charge on any atom is -0.496 e. The summed E-state index contributed by atoms with van der Waals surface area (Å²) in [6.45, 7) is 0. The molecular weight excluding hydrogens is 368 g/mol. The van der Waals surface area contributed by atoms with Gasteiger partial charge in [0.05, 0.1) is 31.4 Å². The van der Waals surface area contributed by atoms with Crippen LogP contribution in [0.1, 0.15) is 21.5 Å². The SMILES string of the molecule is COc1cc(/C=C(/C#N)c2ccccc2OC)ccc1OC(=O)c1ccncc1. The van der Waals surface area contributed by atoms with Crippen LogP contribution in [0.25, 0.3) is 11.6 Å². The van der Waals surface area contributed by atoms with Crippen molar-refractivity contribution in [2.75, 3.05) is 14.2 Å². The normalized spacial score (nSPS) is 10.7. The first kappa shape index (κ1) is 19.6. The van der Waals surface area contributed by atoms with E-state index in [0.29, 0.717) is 33.8 Å².